The number of furan rings is 1. The topological polar surface area (TPSA) is 102 Å². The minimum Gasteiger partial charge on any atom is -0.494 e. The maximum atomic E-state index is 13.0. The Bertz CT molecular complexity index is 1420. The number of nitrogens with zero attached hydrogens (tertiary/aromatic N) is 1. The summed E-state index contributed by atoms with van der Waals surface area (Å²) in [5.41, 5.74) is 4.14. The summed E-state index contributed by atoms with van der Waals surface area (Å²) in [5, 5.41) is 7.34. The van der Waals surface area contributed by atoms with Crippen molar-refractivity contribution in [2.45, 2.75) is 6.92 Å². The third-order valence-electron chi connectivity index (χ3n) is 4.84. The molecular weight excluding hydrogens is 533 g/mol. The average Bonchev–Trinajstić information content (AvgIpc) is 3.29. The van der Waals surface area contributed by atoms with E-state index in [2.05, 4.69) is 31.8 Å². The van der Waals surface area contributed by atoms with E-state index in [1.54, 1.807) is 42.5 Å². The SMILES string of the molecule is CCOc1ccc2oc(C(=O)N/N=C/c3ccc(OCC(=O)Nc4ccc(F)cc4)c(Br)c3)cc2c1. The van der Waals surface area contributed by atoms with Crippen LogP contribution < -0.4 is 20.2 Å². The molecule has 0 bridgehead atoms. The number of ether oxygens (including phenoxy) is 2. The lowest BCUT2D eigenvalue weighted by Crippen LogP contribution is -2.20. The van der Waals surface area contributed by atoms with E-state index in [1.807, 2.05) is 6.92 Å². The van der Waals surface area contributed by atoms with Crippen molar-refractivity contribution in [2.24, 2.45) is 5.10 Å². The van der Waals surface area contributed by atoms with Crippen molar-refractivity contribution in [1.82, 2.24) is 5.43 Å². The molecule has 36 heavy (non-hydrogen) atoms. The second kappa shape index (κ2) is 11.5. The largest absolute Gasteiger partial charge is 0.494 e. The van der Waals surface area contributed by atoms with Gasteiger partial charge in [-0.3, -0.25) is 9.59 Å². The van der Waals surface area contributed by atoms with Crippen LogP contribution in [-0.2, 0) is 4.79 Å². The zero-order valence-electron chi connectivity index (χ0n) is 19.1. The van der Waals surface area contributed by atoms with Crippen LogP contribution in [0.3, 0.4) is 0 Å². The molecule has 0 aliphatic heterocycles. The van der Waals surface area contributed by atoms with E-state index >= 15 is 0 Å². The Morgan fingerprint density at radius 3 is 2.61 bits per heavy atom. The molecule has 0 radical (unpaired) electrons. The van der Waals surface area contributed by atoms with Crippen LogP contribution in [0.2, 0.25) is 0 Å². The normalized spacial score (nSPS) is 11.0. The molecule has 0 spiro atoms. The van der Waals surface area contributed by atoms with Crippen molar-refractivity contribution in [3.63, 3.8) is 0 Å². The molecule has 2 amide bonds. The molecule has 0 fully saturated rings. The summed E-state index contributed by atoms with van der Waals surface area (Å²) in [4.78, 5) is 24.5. The Labute approximate surface area is 214 Å². The number of amides is 2. The van der Waals surface area contributed by atoms with Crippen LogP contribution in [0.1, 0.15) is 23.0 Å². The minimum absolute atomic E-state index is 0.125. The van der Waals surface area contributed by atoms with Crippen molar-refractivity contribution in [3.05, 3.63) is 88.3 Å². The Kier molecular flexibility index (Phi) is 7.96. The van der Waals surface area contributed by atoms with Gasteiger partial charge in [0.2, 0.25) is 0 Å². The van der Waals surface area contributed by atoms with E-state index in [-0.39, 0.29) is 24.1 Å². The number of fused-ring (bicyclic) bond motifs is 1. The summed E-state index contributed by atoms with van der Waals surface area (Å²) in [6.07, 6.45) is 1.46. The van der Waals surface area contributed by atoms with Crippen LogP contribution in [0.5, 0.6) is 11.5 Å². The fourth-order valence-corrected chi connectivity index (χ4v) is 3.71. The first kappa shape index (κ1) is 24.9. The van der Waals surface area contributed by atoms with Crippen LogP contribution >= 0.6 is 15.9 Å². The highest BCUT2D eigenvalue weighted by Gasteiger charge is 2.12. The summed E-state index contributed by atoms with van der Waals surface area (Å²) in [6.45, 7) is 2.20. The summed E-state index contributed by atoms with van der Waals surface area (Å²) in [7, 11) is 0. The van der Waals surface area contributed by atoms with E-state index < -0.39 is 5.91 Å². The van der Waals surface area contributed by atoms with Gasteiger partial charge in [-0.15, -0.1) is 0 Å². The third-order valence-corrected chi connectivity index (χ3v) is 5.46. The number of hydrazone groups is 1. The molecule has 0 saturated carbocycles. The van der Waals surface area contributed by atoms with Crippen LogP contribution in [0.15, 0.2) is 80.7 Å². The zero-order valence-corrected chi connectivity index (χ0v) is 20.7. The van der Waals surface area contributed by atoms with Gasteiger partial charge in [0.25, 0.3) is 5.91 Å². The molecule has 3 aromatic carbocycles. The van der Waals surface area contributed by atoms with Gasteiger partial charge in [-0.1, -0.05) is 0 Å². The maximum Gasteiger partial charge on any atom is 0.307 e. The Morgan fingerprint density at radius 1 is 1.06 bits per heavy atom. The van der Waals surface area contributed by atoms with Gasteiger partial charge in [0, 0.05) is 11.1 Å². The quantitative estimate of drug-likeness (QED) is 0.210. The second-order valence-electron chi connectivity index (χ2n) is 7.48. The van der Waals surface area contributed by atoms with Crippen molar-refractivity contribution in [3.8, 4) is 11.5 Å². The van der Waals surface area contributed by atoms with Gasteiger partial charge in [0.05, 0.1) is 17.3 Å². The molecule has 1 aromatic heterocycles. The molecule has 4 aromatic rings. The van der Waals surface area contributed by atoms with Gasteiger partial charge < -0.3 is 19.2 Å². The fraction of sp³-hybridized carbons (Fsp3) is 0.115. The van der Waals surface area contributed by atoms with Crippen molar-refractivity contribution >= 4 is 50.6 Å². The van der Waals surface area contributed by atoms with Crippen LogP contribution in [0.4, 0.5) is 10.1 Å². The summed E-state index contributed by atoms with van der Waals surface area (Å²) >= 11 is 3.39. The van der Waals surface area contributed by atoms with Gasteiger partial charge in [-0.05, 0) is 95.1 Å². The van der Waals surface area contributed by atoms with Crippen molar-refractivity contribution in [1.29, 1.82) is 0 Å². The molecule has 4 rings (SSSR count). The van der Waals surface area contributed by atoms with Crippen LogP contribution in [0, 0.1) is 5.82 Å². The number of hydrogen-bond donors (Lipinski definition) is 2. The molecule has 0 saturated heterocycles. The van der Waals surface area contributed by atoms with E-state index in [4.69, 9.17) is 13.9 Å². The second-order valence-corrected chi connectivity index (χ2v) is 8.33. The highest BCUT2D eigenvalue weighted by atomic mass is 79.9. The number of rotatable bonds is 9. The number of halogens is 2. The lowest BCUT2D eigenvalue weighted by atomic mass is 10.2. The molecule has 2 N–H and O–H groups in total. The molecule has 0 atom stereocenters. The molecule has 0 aliphatic carbocycles. The molecule has 184 valence electrons. The third kappa shape index (κ3) is 6.48. The Hall–Kier alpha value is -4.18. The van der Waals surface area contributed by atoms with E-state index in [0.717, 1.165) is 5.39 Å². The highest BCUT2D eigenvalue weighted by molar-refractivity contribution is 9.10. The summed E-state index contributed by atoms with van der Waals surface area (Å²) in [5.74, 6) is -0.00318. The van der Waals surface area contributed by atoms with Gasteiger partial charge in [-0.2, -0.15) is 5.10 Å². The fourth-order valence-electron chi connectivity index (χ4n) is 3.20. The van der Waals surface area contributed by atoms with Crippen LogP contribution in [-0.4, -0.2) is 31.2 Å². The minimum atomic E-state index is -0.494. The Morgan fingerprint density at radius 2 is 1.86 bits per heavy atom. The monoisotopic (exact) mass is 553 g/mol. The number of nitrogens with one attached hydrogen (secondary N) is 2. The van der Waals surface area contributed by atoms with Gasteiger partial charge in [0.15, 0.2) is 12.4 Å². The number of benzene rings is 3. The maximum absolute atomic E-state index is 13.0. The van der Waals surface area contributed by atoms with E-state index in [9.17, 15) is 14.0 Å². The molecule has 1 heterocycles. The lowest BCUT2D eigenvalue weighted by molar-refractivity contribution is -0.118. The Balaban J connectivity index is 1.30. The first-order chi connectivity index (χ1) is 17.4. The standard InChI is InChI=1S/C26H21BrFN3O5/c1-2-34-20-8-10-22-17(12-20)13-24(36-22)26(33)31-29-14-16-3-9-23(21(27)11-16)35-15-25(32)30-19-6-4-18(28)5-7-19/h3-14H,2,15H2,1H3,(H,30,32)(H,31,33)/b29-14+. The number of hydrogen-bond acceptors (Lipinski definition) is 6. The average molecular weight is 554 g/mol. The van der Waals surface area contributed by atoms with Gasteiger partial charge in [0.1, 0.15) is 22.9 Å². The molecule has 0 unspecified atom stereocenters. The number of carbonyl (C=O) groups excluding carboxylic acids is 2. The predicted molar refractivity (Wildman–Crippen MR) is 137 cm³/mol. The zero-order chi connectivity index (χ0) is 25.5. The highest BCUT2D eigenvalue weighted by Crippen LogP contribution is 2.26. The van der Waals surface area contributed by atoms with Crippen LogP contribution in [0.25, 0.3) is 11.0 Å². The number of anilines is 1. The first-order valence-corrected chi connectivity index (χ1v) is 11.7. The lowest BCUT2D eigenvalue weighted by Gasteiger charge is -2.09. The van der Waals surface area contributed by atoms with Crippen molar-refractivity contribution in [2.75, 3.05) is 18.5 Å². The van der Waals surface area contributed by atoms with Gasteiger partial charge in [-0.25, -0.2) is 9.82 Å². The van der Waals surface area contributed by atoms with Crippen molar-refractivity contribution < 1.29 is 27.9 Å². The smallest absolute Gasteiger partial charge is 0.307 e. The van der Waals surface area contributed by atoms with Gasteiger partial charge >= 0.3 is 5.91 Å². The molecule has 8 nitrogen and oxygen atoms in total. The summed E-state index contributed by atoms with van der Waals surface area (Å²) in [6, 6.07) is 17.5. The predicted octanol–water partition coefficient (Wildman–Crippen LogP) is 5.51. The van der Waals surface area contributed by atoms with E-state index in [1.165, 1.54) is 30.5 Å². The number of carbonyl (C=O) groups is 2. The first-order valence-electron chi connectivity index (χ1n) is 10.9. The van der Waals surface area contributed by atoms with E-state index in [0.29, 0.717) is 39.4 Å². The summed E-state index contributed by atoms with van der Waals surface area (Å²) < 4.78 is 30.1. The molecule has 10 heteroatoms. The molecule has 0 aliphatic rings. The molecular formula is C26H21BrFN3O5.